The molecule has 13 nitrogen and oxygen atoms in total. The van der Waals surface area contributed by atoms with Crippen LogP contribution < -0.4 is 5.32 Å². The summed E-state index contributed by atoms with van der Waals surface area (Å²) in [6.07, 6.45) is 0.687. The molecule has 0 unspecified atom stereocenters. The number of carbonyl (C=O) groups is 1. The highest BCUT2D eigenvalue weighted by atomic mass is 19.4. The number of halogens is 3. The predicted octanol–water partition coefficient (Wildman–Crippen LogP) is 0.874. The fourth-order valence-corrected chi connectivity index (χ4v) is 2.10. The Labute approximate surface area is 158 Å². The van der Waals surface area contributed by atoms with E-state index in [-0.39, 0.29) is 18.1 Å². The number of rotatable bonds is 8. The fraction of sp³-hybridized carbons (Fsp3) is 0.308. The molecule has 0 aromatic carbocycles. The monoisotopic (exact) mass is 415 g/mol. The molecule has 29 heavy (non-hydrogen) atoms. The second-order valence-corrected chi connectivity index (χ2v) is 5.54. The fourth-order valence-electron chi connectivity index (χ4n) is 2.10. The van der Waals surface area contributed by atoms with Gasteiger partial charge in [-0.25, -0.2) is 9.36 Å². The Balaban J connectivity index is 1.54. The molecule has 0 atom stereocenters. The molecule has 3 aromatic heterocycles. The lowest BCUT2D eigenvalue weighted by Crippen LogP contribution is -2.18. The Hall–Kier alpha value is -3.82. The molecule has 0 aliphatic rings. The summed E-state index contributed by atoms with van der Waals surface area (Å²) in [6, 6.07) is 1.40. The molecule has 0 aliphatic carbocycles. The van der Waals surface area contributed by atoms with Crippen molar-refractivity contribution in [1.29, 1.82) is 0 Å². The van der Waals surface area contributed by atoms with Gasteiger partial charge >= 0.3 is 12.1 Å². The highest BCUT2D eigenvalue weighted by Gasteiger charge is 2.27. The van der Waals surface area contributed by atoms with Crippen LogP contribution in [-0.2, 0) is 18.1 Å². The van der Waals surface area contributed by atoms with Gasteiger partial charge < -0.3 is 20.2 Å². The summed E-state index contributed by atoms with van der Waals surface area (Å²) in [5.74, 6) is -1.16. The molecule has 0 spiro atoms. The van der Waals surface area contributed by atoms with Crippen molar-refractivity contribution in [1.82, 2.24) is 34.3 Å². The number of hydrogen-bond acceptors (Lipinski definition) is 8. The van der Waals surface area contributed by atoms with Crippen molar-refractivity contribution in [3.8, 4) is 0 Å². The number of nitrogens with one attached hydrogen (secondary N) is 1. The molecule has 3 rings (SSSR count). The van der Waals surface area contributed by atoms with E-state index < -0.39 is 36.3 Å². The van der Waals surface area contributed by atoms with Crippen LogP contribution in [0.2, 0.25) is 0 Å². The Morgan fingerprint density at radius 1 is 1.28 bits per heavy atom. The third-order valence-corrected chi connectivity index (χ3v) is 3.23. The molecule has 154 valence electrons. The second kappa shape index (κ2) is 8.05. The maximum Gasteiger partial charge on any atom is 0.491 e. The Morgan fingerprint density at radius 3 is 2.76 bits per heavy atom. The van der Waals surface area contributed by atoms with Crippen LogP contribution in [0.15, 0.2) is 31.0 Å². The average molecular weight is 415 g/mol. The lowest BCUT2D eigenvalue weighted by atomic mass is 10.4. The van der Waals surface area contributed by atoms with Crippen molar-refractivity contribution >= 4 is 17.5 Å². The largest absolute Gasteiger partial charge is 0.491 e. The summed E-state index contributed by atoms with van der Waals surface area (Å²) in [7, 11) is 0. The third kappa shape index (κ3) is 5.58. The number of aromatic nitrogens is 7. The standard InChI is InChI=1S/C13H12F3N9O4/c14-13(15,16)5-29-8-23-4-9(3-18-23)19-11(26)10-1-2-22(20-10)7-24-6-17-12(21-24)25(27)28/h1-4,6H,5,7-8H2,(H,19,26). The second-order valence-electron chi connectivity index (χ2n) is 5.54. The van der Waals surface area contributed by atoms with Crippen LogP contribution >= 0.6 is 0 Å². The first-order valence-electron chi connectivity index (χ1n) is 7.75. The van der Waals surface area contributed by atoms with Crippen molar-refractivity contribution in [3.63, 3.8) is 0 Å². The molecule has 1 N–H and O–H groups in total. The van der Waals surface area contributed by atoms with Gasteiger partial charge in [-0.1, -0.05) is 4.98 Å². The van der Waals surface area contributed by atoms with Crippen LogP contribution in [0.1, 0.15) is 10.5 Å². The first-order chi connectivity index (χ1) is 13.7. The van der Waals surface area contributed by atoms with E-state index in [4.69, 9.17) is 0 Å². The van der Waals surface area contributed by atoms with E-state index in [1.54, 1.807) is 0 Å². The highest BCUT2D eigenvalue weighted by molar-refractivity contribution is 6.02. The van der Waals surface area contributed by atoms with Crippen LogP contribution in [0.25, 0.3) is 0 Å². The zero-order valence-electron chi connectivity index (χ0n) is 14.4. The molecule has 3 aromatic rings. The average Bonchev–Trinajstić information content (AvgIpc) is 3.35. The highest BCUT2D eigenvalue weighted by Crippen LogP contribution is 2.15. The minimum atomic E-state index is -4.44. The molecule has 3 heterocycles. The maximum atomic E-state index is 12.2. The van der Waals surface area contributed by atoms with Crippen molar-refractivity contribution in [2.24, 2.45) is 0 Å². The molecule has 1 amide bonds. The van der Waals surface area contributed by atoms with Crippen LogP contribution in [0.5, 0.6) is 0 Å². The van der Waals surface area contributed by atoms with E-state index in [1.165, 1.54) is 29.3 Å². The summed E-state index contributed by atoms with van der Waals surface area (Å²) < 4.78 is 44.1. The summed E-state index contributed by atoms with van der Waals surface area (Å²) in [4.78, 5) is 25.5. The number of anilines is 1. The minimum absolute atomic E-state index is 0.0113. The van der Waals surface area contributed by atoms with Crippen molar-refractivity contribution in [2.75, 3.05) is 11.9 Å². The first kappa shape index (κ1) is 19.9. The molecular formula is C13H12F3N9O4. The zero-order valence-corrected chi connectivity index (χ0v) is 14.4. The Morgan fingerprint density at radius 2 is 2.07 bits per heavy atom. The Bertz CT molecular complexity index is 1010. The van der Waals surface area contributed by atoms with Gasteiger partial charge in [-0.3, -0.25) is 4.79 Å². The molecule has 0 fully saturated rings. The molecular weight excluding hydrogens is 403 g/mol. The SMILES string of the molecule is O=C(Nc1cnn(COCC(F)(F)F)c1)c1ccn(Cn2cnc([N+](=O)[O-])n2)n1. The van der Waals surface area contributed by atoms with Gasteiger partial charge in [-0.05, 0) is 11.0 Å². The van der Waals surface area contributed by atoms with Crippen molar-refractivity contribution in [3.05, 3.63) is 46.8 Å². The van der Waals surface area contributed by atoms with Crippen LogP contribution in [0.4, 0.5) is 24.8 Å². The summed E-state index contributed by atoms with van der Waals surface area (Å²) in [6.45, 7) is -1.86. The van der Waals surface area contributed by atoms with E-state index in [0.29, 0.717) is 0 Å². The topological polar surface area (TPSA) is 148 Å². The molecule has 16 heteroatoms. The number of alkyl halides is 3. The molecule has 0 aliphatic heterocycles. The number of hydrogen-bond donors (Lipinski definition) is 1. The van der Waals surface area contributed by atoms with Gasteiger partial charge in [0.2, 0.25) is 6.33 Å². The molecule has 0 radical (unpaired) electrons. The third-order valence-electron chi connectivity index (χ3n) is 3.23. The van der Waals surface area contributed by atoms with Gasteiger partial charge in [0.25, 0.3) is 5.91 Å². The lowest BCUT2D eigenvalue weighted by molar-refractivity contribution is -0.394. The minimum Gasteiger partial charge on any atom is -0.390 e. The van der Waals surface area contributed by atoms with E-state index >= 15 is 0 Å². The molecule has 0 bridgehead atoms. The van der Waals surface area contributed by atoms with Crippen LogP contribution in [0, 0.1) is 10.1 Å². The van der Waals surface area contributed by atoms with Crippen molar-refractivity contribution < 1.29 is 27.6 Å². The molecule has 0 saturated heterocycles. The van der Waals surface area contributed by atoms with Gasteiger partial charge in [-0.2, -0.15) is 28.1 Å². The Kier molecular flexibility index (Phi) is 5.53. The predicted molar refractivity (Wildman–Crippen MR) is 86.5 cm³/mol. The zero-order chi connectivity index (χ0) is 21.0. The number of carbonyl (C=O) groups excluding carboxylic acids is 1. The smallest absolute Gasteiger partial charge is 0.390 e. The van der Waals surface area contributed by atoms with E-state index in [0.717, 1.165) is 15.7 Å². The van der Waals surface area contributed by atoms with Gasteiger partial charge in [0.15, 0.2) is 12.4 Å². The number of ether oxygens (including phenoxy) is 1. The van der Waals surface area contributed by atoms with Gasteiger partial charge in [0.1, 0.15) is 13.3 Å². The van der Waals surface area contributed by atoms with Gasteiger partial charge in [-0.15, -0.1) is 0 Å². The first-order valence-corrected chi connectivity index (χ1v) is 7.75. The molecule has 0 saturated carbocycles. The number of nitro groups is 1. The summed E-state index contributed by atoms with van der Waals surface area (Å²) >= 11 is 0. The number of amides is 1. The van der Waals surface area contributed by atoms with Gasteiger partial charge in [0, 0.05) is 11.3 Å². The van der Waals surface area contributed by atoms with E-state index in [2.05, 4.69) is 30.3 Å². The summed E-state index contributed by atoms with van der Waals surface area (Å²) in [5.41, 5.74) is 0.257. The quantitative estimate of drug-likeness (QED) is 0.421. The normalized spacial score (nSPS) is 11.6. The van der Waals surface area contributed by atoms with Crippen molar-refractivity contribution in [2.45, 2.75) is 19.6 Å². The maximum absolute atomic E-state index is 12.2. The van der Waals surface area contributed by atoms with E-state index in [1.807, 2.05) is 0 Å². The van der Waals surface area contributed by atoms with Crippen LogP contribution in [-0.4, -0.2) is 57.9 Å². The summed E-state index contributed by atoms with van der Waals surface area (Å²) in [5, 5.41) is 24.4. The van der Waals surface area contributed by atoms with E-state index in [9.17, 15) is 28.1 Å². The van der Waals surface area contributed by atoms with Crippen LogP contribution in [0.3, 0.4) is 0 Å². The van der Waals surface area contributed by atoms with Gasteiger partial charge in [0.05, 0.1) is 18.1 Å². The lowest BCUT2D eigenvalue weighted by Gasteiger charge is -2.07. The number of nitrogens with zero attached hydrogens (tertiary/aromatic N) is 8.